The molecule has 192 valence electrons. The number of pyridine rings is 1. The minimum absolute atomic E-state index is 0.173. The summed E-state index contributed by atoms with van der Waals surface area (Å²) in [5.41, 5.74) is 1.53. The van der Waals surface area contributed by atoms with E-state index in [-0.39, 0.29) is 17.6 Å². The van der Waals surface area contributed by atoms with E-state index >= 15 is 0 Å². The Morgan fingerprint density at radius 3 is 2.64 bits per heavy atom. The molecular formula is C25H31N5O4S2. The molecule has 0 atom stereocenters. The largest absolute Gasteiger partial charge is 0.450 e. The lowest BCUT2D eigenvalue weighted by Gasteiger charge is -2.35. The summed E-state index contributed by atoms with van der Waals surface area (Å²) < 4.78 is 7.15. The Bertz CT molecular complexity index is 1270. The first-order valence-electron chi connectivity index (χ1n) is 12.3. The van der Waals surface area contributed by atoms with E-state index in [1.54, 1.807) is 35.1 Å². The maximum Gasteiger partial charge on any atom is 0.409 e. The van der Waals surface area contributed by atoms with Crippen molar-refractivity contribution in [3.05, 3.63) is 44.7 Å². The normalized spacial score (nSPS) is 17.5. The zero-order valence-electron chi connectivity index (χ0n) is 20.9. The summed E-state index contributed by atoms with van der Waals surface area (Å²) in [7, 11) is 0. The maximum atomic E-state index is 13.7. The van der Waals surface area contributed by atoms with Crippen LogP contribution in [0.5, 0.6) is 0 Å². The Labute approximate surface area is 220 Å². The molecule has 0 aromatic carbocycles. The van der Waals surface area contributed by atoms with Crippen LogP contribution in [0.15, 0.2) is 28.0 Å². The number of fused-ring (bicyclic) bond motifs is 1. The van der Waals surface area contributed by atoms with Crippen LogP contribution in [-0.4, -0.2) is 74.8 Å². The quantitative estimate of drug-likeness (QED) is 0.305. The van der Waals surface area contributed by atoms with Gasteiger partial charge in [0.05, 0.1) is 17.1 Å². The Hall–Kier alpha value is -2.92. The van der Waals surface area contributed by atoms with Crippen LogP contribution in [0.3, 0.4) is 0 Å². The van der Waals surface area contributed by atoms with E-state index in [9.17, 15) is 14.4 Å². The number of carbonyl (C=O) groups is 2. The summed E-state index contributed by atoms with van der Waals surface area (Å²) in [6.07, 6.45) is 5.94. The lowest BCUT2D eigenvalue weighted by molar-refractivity contribution is -0.122. The minimum atomic E-state index is -0.341. The number of thiocarbonyl (C=S) groups is 1. The summed E-state index contributed by atoms with van der Waals surface area (Å²) >= 11 is 6.69. The maximum absolute atomic E-state index is 13.7. The van der Waals surface area contributed by atoms with Crippen molar-refractivity contribution in [3.63, 3.8) is 0 Å². The number of thioether (sulfide) groups is 1. The van der Waals surface area contributed by atoms with E-state index in [1.807, 2.05) is 17.9 Å². The zero-order valence-corrected chi connectivity index (χ0v) is 22.5. The van der Waals surface area contributed by atoms with Gasteiger partial charge in [-0.05, 0) is 38.0 Å². The van der Waals surface area contributed by atoms with Crippen LogP contribution in [0.25, 0.3) is 11.7 Å². The predicted molar refractivity (Wildman–Crippen MR) is 146 cm³/mol. The summed E-state index contributed by atoms with van der Waals surface area (Å²) in [5.74, 6) is 0.335. The molecule has 4 heterocycles. The summed E-state index contributed by atoms with van der Waals surface area (Å²) in [6, 6.07) is 3.71. The van der Waals surface area contributed by atoms with E-state index in [1.165, 1.54) is 16.2 Å². The van der Waals surface area contributed by atoms with Crippen LogP contribution in [-0.2, 0) is 9.53 Å². The third-order valence-electron chi connectivity index (χ3n) is 6.30. The molecule has 0 bridgehead atoms. The van der Waals surface area contributed by atoms with E-state index < -0.39 is 0 Å². The third kappa shape index (κ3) is 5.27. The third-order valence-corrected chi connectivity index (χ3v) is 7.68. The number of unbranched alkanes of at least 4 members (excludes halogenated alkanes) is 2. The van der Waals surface area contributed by atoms with Gasteiger partial charge >= 0.3 is 6.09 Å². The molecule has 0 aliphatic carbocycles. The van der Waals surface area contributed by atoms with Crippen molar-refractivity contribution < 1.29 is 14.3 Å². The Kier molecular flexibility index (Phi) is 8.30. The van der Waals surface area contributed by atoms with Gasteiger partial charge in [0.1, 0.15) is 15.8 Å². The molecule has 36 heavy (non-hydrogen) atoms. The molecule has 2 aliphatic rings. The van der Waals surface area contributed by atoms with Crippen LogP contribution >= 0.6 is 24.0 Å². The second kappa shape index (κ2) is 11.4. The van der Waals surface area contributed by atoms with Gasteiger partial charge in [-0.1, -0.05) is 49.8 Å². The van der Waals surface area contributed by atoms with E-state index in [4.69, 9.17) is 21.9 Å². The molecule has 9 nitrogen and oxygen atoms in total. The highest BCUT2D eigenvalue weighted by molar-refractivity contribution is 8.26. The molecule has 0 spiro atoms. The number of hydrogen-bond donors (Lipinski definition) is 0. The van der Waals surface area contributed by atoms with Gasteiger partial charge < -0.3 is 14.5 Å². The van der Waals surface area contributed by atoms with Crippen LogP contribution in [0, 0.1) is 6.92 Å². The van der Waals surface area contributed by atoms with Crippen molar-refractivity contribution in [1.82, 2.24) is 19.2 Å². The highest BCUT2D eigenvalue weighted by Crippen LogP contribution is 2.34. The number of amides is 2. The van der Waals surface area contributed by atoms with Gasteiger partial charge in [0, 0.05) is 38.9 Å². The van der Waals surface area contributed by atoms with Gasteiger partial charge in [0.15, 0.2) is 0 Å². The number of rotatable bonds is 7. The van der Waals surface area contributed by atoms with Crippen molar-refractivity contribution in [2.45, 2.75) is 40.0 Å². The van der Waals surface area contributed by atoms with Gasteiger partial charge in [-0.15, -0.1) is 0 Å². The second-order valence-electron chi connectivity index (χ2n) is 8.75. The first-order chi connectivity index (χ1) is 17.3. The Morgan fingerprint density at radius 1 is 1.19 bits per heavy atom. The summed E-state index contributed by atoms with van der Waals surface area (Å²) in [5, 5.41) is 0. The molecule has 2 aliphatic heterocycles. The fourth-order valence-electron chi connectivity index (χ4n) is 4.33. The number of aryl methyl sites for hydroxylation is 1. The number of nitrogens with zero attached hydrogens (tertiary/aromatic N) is 5. The van der Waals surface area contributed by atoms with Crippen molar-refractivity contribution in [2.24, 2.45) is 0 Å². The smallest absolute Gasteiger partial charge is 0.409 e. The first-order valence-corrected chi connectivity index (χ1v) is 13.5. The number of carbonyl (C=O) groups excluding carboxylic acids is 2. The Morgan fingerprint density at radius 2 is 1.94 bits per heavy atom. The predicted octanol–water partition coefficient (Wildman–Crippen LogP) is 3.67. The molecule has 0 saturated carbocycles. The number of hydrogen-bond acceptors (Lipinski definition) is 8. The lowest BCUT2D eigenvalue weighted by atomic mass is 10.2. The molecule has 11 heteroatoms. The molecule has 0 radical (unpaired) electrons. The van der Waals surface area contributed by atoms with Crippen molar-refractivity contribution in [2.75, 3.05) is 44.2 Å². The molecule has 2 aromatic heterocycles. The SMILES string of the molecule is CCCCCN1C(=O)/C(=C\c2c(N3CCN(C(=O)OCC)CC3)nc3c(C)cccn3c2=O)SC1=S. The first kappa shape index (κ1) is 26.2. The molecule has 4 rings (SSSR count). The van der Waals surface area contributed by atoms with Crippen LogP contribution in [0.4, 0.5) is 10.6 Å². The van der Waals surface area contributed by atoms with Crippen LogP contribution in [0.1, 0.15) is 44.2 Å². The van der Waals surface area contributed by atoms with Crippen LogP contribution < -0.4 is 10.5 Å². The van der Waals surface area contributed by atoms with E-state index in [0.29, 0.717) is 65.6 Å². The molecule has 2 saturated heterocycles. The lowest BCUT2D eigenvalue weighted by Crippen LogP contribution is -2.49. The standard InChI is InChI=1S/C25H31N5O4S2/c1-4-6-7-10-30-23(32)19(36-25(30)35)16-18-21(26-20-17(3)9-8-11-29(20)22(18)31)27-12-14-28(15-13-27)24(33)34-5-2/h8-9,11,16H,4-7,10,12-15H2,1-3H3/b19-16+. The van der Waals surface area contributed by atoms with E-state index in [2.05, 4.69) is 6.92 Å². The van der Waals surface area contributed by atoms with E-state index in [0.717, 1.165) is 24.8 Å². The highest BCUT2D eigenvalue weighted by atomic mass is 32.2. The van der Waals surface area contributed by atoms with Gasteiger partial charge in [-0.3, -0.25) is 18.9 Å². The number of piperazine rings is 1. The van der Waals surface area contributed by atoms with Gasteiger partial charge in [-0.25, -0.2) is 9.78 Å². The summed E-state index contributed by atoms with van der Waals surface area (Å²) in [6.45, 7) is 8.58. The molecule has 2 aromatic rings. The van der Waals surface area contributed by atoms with Crippen molar-refractivity contribution in [1.29, 1.82) is 0 Å². The number of anilines is 1. The average molecular weight is 530 g/mol. The molecule has 0 N–H and O–H groups in total. The average Bonchev–Trinajstić information content (AvgIpc) is 3.14. The molecular weight excluding hydrogens is 498 g/mol. The van der Waals surface area contributed by atoms with Crippen molar-refractivity contribution >= 4 is 57.8 Å². The monoisotopic (exact) mass is 529 g/mol. The topological polar surface area (TPSA) is 87.5 Å². The van der Waals surface area contributed by atoms with Gasteiger partial charge in [0.2, 0.25) is 0 Å². The molecule has 2 amide bonds. The minimum Gasteiger partial charge on any atom is -0.450 e. The Balaban J connectivity index is 1.71. The molecule has 0 unspecified atom stereocenters. The number of aromatic nitrogens is 2. The van der Waals surface area contributed by atoms with Crippen LogP contribution in [0.2, 0.25) is 0 Å². The number of ether oxygens (including phenoxy) is 1. The fourth-order valence-corrected chi connectivity index (χ4v) is 5.62. The second-order valence-corrected chi connectivity index (χ2v) is 10.4. The highest BCUT2D eigenvalue weighted by Gasteiger charge is 2.33. The van der Waals surface area contributed by atoms with Crippen molar-refractivity contribution in [3.8, 4) is 0 Å². The summed E-state index contributed by atoms with van der Waals surface area (Å²) in [4.78, 5) is 49.6. The van der Waals surface area contributed by atoms with Gasteiger partial charge in [-0.2, -0.15) is 0 Å². The zero-order chi connectivity index (χ0) is 25.8. The fraction of sp³-hybridized carbons (Fsp3) is 0.480. The van der Waals surface area contributed by atoms with Gasteiger partial charge in [0.25, 0.3) is 11.5 Å². The molecule has 2 fully saturated rings.